The predicted octanol–water partition coefficient (Wildman–Crippen LogP) is 22.3. The van der Waals surface area contributed by atoms with Crippen molar-refractivity contribution in [3.8, 4) is 0 Å². The van der Waals surface area contributed by atoms with Crippen LogP contribution in [0.5, 0.6) is 0 Å². The van der Waals surface area contributed by atoms with E-state index >= 15 is 0 Å². The van der Waals surface area contributed by atoms with Crippen LogP contribution in [0.4, 0.5) is 0 Å². The summed E-state index contributed by atoms with van der Waals surface area (Å²) in [4.78, 5) is 60.7. The number of hydrogen-bond acceptors (Lipinski definition) is 17. The number of hydrogen-bond donors (Lipinski definition) is 1. The Labute approximate surface area is 629 Å². The maximum Gasteiger partial charge on any atom is 0.307 e. The average molecular weight is 1480 g/mol. The Bertz CT molecular complexity index is 1480. The molecule has 0 heterocycles. The Hall–Kier alpha value is -0.920. The number of carbonyl (C=O) groups excluding carboxylic acids is 4. The van der Waals surface area contributed by atoms with Gasteiger partial charge in [-0.1, -0.05) is 353 Å². The van der Waals surface area contributed by atoms with Gasteiger partial charge in [-0.3, -0.25) is 19.2 Å². The lowest BCUT2D eigenvalue weighted by atomic mass is 10.1. The van der Waals surface area contributed by atoms with Crippen LogP contribution in [0.15, 0.2) is 0 Å². The van der Waals surface area contributed by atoms with Crippen molar-refractivity contribution in [2.24, 2.45) is 0 Å². The summed E-state index contributed by atoms with van der Waals surface area (Å²) in [6, 6.07) is 0. The molecule has 0 saturated heterocycles. The lowest BCUT2D eigenvalue weighted by Crippen LogP contribution is -2.37. The third kappa shape index (κ3) is 79.5. The highest BCUT2D eigenvalue weighted by Gasteiger charge is 2.16. The molecule has 17 heteroatoms. The van der Waals surface area contributed by atoms with Gasteiger partial charge in [-0.2, -0.15) is 0 Å². The minimum atomic E-state index is -0.137. The van der Waals surface area contributed by atoms with Crippen molar-refractivity contribution < 1.29 is 38.1 Å². The van der Waals surface area contributed by atoms with Crippen LogP contribution >= 0.6 is 43.2 Å². The van der Waals surface area contributed by atoms with Crippen molar-refractivity contribution in [2.45, 2.75) is 362 Å². The van der Waals surface area contributed by atoms with Gasteiger partial charge in [0, 0.05) is 102 Å². The standard InChI is InChI=1S/C82H163N5O8S4/c1-7-11-15-19-23-27-31-35-39-43-47-51-71-92-79(88)55-61-86(62-56-80(89)93-72-52-48-44-40-36-32-28-24-20-16-12-8-2)67-65-84(5)69-77-98-96-75-59-83-60-76-97-99-78-70-85(6)66-68-87(63-57-81(90)94-73-53-49-45-41-37-33-29-25-21-17-13-9-3)64-58-82(91)95-74-54-50-46-42-38-34-30-26-22-18-14-10-4/h83H,7-78H2,1-6H3. The Kier molecular flexibility index (Phi) is 82.0. The highest BCUT2D eigenvalue weighted by Crippen LogP contribution is 2.23. The van der Waals surface area contributed by atoms with Crippen LogP contribution in [0.25, 0.3) is 0 Å². The summed E-state index contributed by atoms with van der Waals surface area (Å²) >= 11 is 0. The summed E-state index contributed by atoms with van der Waals surface area (Å²) in [7, 11) is 12.1. The van der Waals surface area contributed by atoms with Crippen LogP contribution < -0.4 is 5.32 Å². The number of carbonyl (C=O) groups is 4. The SMILES string of the molecule is CCCCCCCCCCCCCCOC(=O)CCN(CCC(=O)OCCCCCCCCCCCCCC)CCN(C)CCSSCCNCCSSCCN(C)CCN(CCC(=O)OCCCCCCCCCCCCCC)CCC(=O)OCCCCCCCCCCCCCC. The molecule has 0 spiro atoms. The van der Waals surface area contributed by atoms with Gasteiger partial charge < -0.3 is 43.9 Å². The predicted molar refractivity (Wildman–Crippen MR) is 437 cm³/mol. The zero-order chi connectivity index (χ0) is 71.9. The molecule has 0 saturated carbocycles. The molecule has 0 radical (unpaired) electrons. The molecule has 588 valence electrons. The summed E-state index contributed by atoms with van der Waals surface area (Å²) in [5.74, 6) is 3.66. The van der Waals surface area contributed by atoms with Crippen molar-refractivity contribution in [3.63, 3.8) is 0 Å². The van der Waals surface area contributed by atoms with Gasteiger partial charge >= 0.3 is 23.9 Å². The molecule has 0 atom stereocenters. The third-order valence-electron chi connectivity index (χ3n) is 19.2. The summed E-state index contributed by atoms with van der Waals surface area (Å²) < 4.78 is 22.7. The molecule has 13 nitrogen and oxygen atoms in total. The van der Waals surface area contributed by atoms with Crippen LogP contribution in [-0.4, -0.2) is 186 Å². The van der Waals surface area contributed by atoms with E-state index in [-0.39, 0.29) is 23.9 Å². The van der Waals surface area contributed by atoms with E-state index in [1.165, 1.54) is 257 Å². The molecule has 0 unspecified atom stereocenters. The minimum absolute atomic E-state index is 0.137. The Balaban J connectivity index is 4.63. The monoisotopic (exact) mass is 1470 g/mol. The topological polar surface area (TPSA) is 130 Å². The molecule has 1 N–H and O–H groups in total. The number of likely N-dealkylation sites (N-methyl/N-ethyl adjacent to an activating group) is 2. The van der Waals surface area contributed by atoms with Crippen molar-refractivity contribution in [3.05, 3.63) is 0 Å². The van der Waals surface area contributed by atoms with Gasteiger partial charge in [-0.25, -0.2) is 0 Å². The first-order chi connectivity index (χ1) is 48.6. The lowest BCUT2D eigenvalue weighted by Gasteiger charge is -2.25. The number of nitrogens with zero attached hydrogens (tertiary/aromatic N) is 4. The normalized spacial score (nSPS) is 11.7. The maximum atomic E-state index is 12.9. The van der Waals surface area contributed by atoms with E-state index in [0.717, 1.165) is 127 Å². The molecule has 0 aliphatic carbocycles. The van der Waals surface area contributed by atoms with E-state index < -0.39 is 0 Å². The van der Waals surface area contributed by atoms with E-state index in [0.29, 0.717) is 78.3 Å². The first kappa shape index (κ1) is 98.1. The van der Waals surface area contributed by atoms with Gasteiger partial charge in [-0.15, -0.1) is 0 Å². The minimum Gasteiger partial charge on any atom is -0.466 e. The molecule has 0 aromatic rings. The molecule has 0 fully saturated rings. The van der Waals surface area contributed by atoms with Crippen LogP contribution in [0.3, 0.4) is 0 Å². The van der Waals surface area contributed by atoms with Crippen LogP contribution in [0, 0.1) is 0 Å². The summed E-state index contributed by atoms with van der Waals surface area (Å²) in [5.41, 5.74) is 0. The van der Waals surface area contributed by atoms with E-state index in [1.54, 1.807) is 0 Å². The van der Waals surface area contributed by atoms with E-state index in [9.17, 15) is 19.2 Å². The fourth-order valence-corrected chi connectivity index (χ4v) is 16.4. The molecule has 0 aromatic carbocycles. The maximum absolute atomic E-state index is 12.9. The molecule has 0 amide bonds. The molecule has 0 aliphatic rings. The summed E-state index contributed by atoms with van der Waals surface area (Å²) in [6.45, 7) is 20.7. The molecule has 0 rings (SSSR count). The number of esters is 4. The van der Waals surface area contributed by atoms with Crippen molar-refractivity contribution >= 4 is 67.1 Å². The molecule has 0 bridgehead atoms. The highest BCUT2D eigenvalue weighted by molar-refractivity contribution is 8.77. The molecule has 0 aliphatic heterocycles. The zero-order valence-electron chi connectivity index (χ0n) is 66.1. The van der Waals surface area contributed by atoms with E-state index in [2.05, 4.69) is 66.7 Å². The number of rotatable bonds is 84. The average Bonchev–Trinajstić information content (AvgIpc) is 3.12. The van der Waals surface area contributed by atoms with Crippen LogP contribution in [0.1, 0.15) is 362 Å². The number of unbranched alkanes of at least 4 members (excludes halogenated alkanes) is 44. The number of ether oxygens (including phenoxy) is 4. The second-order valence-corrected chi connectivity index (χ2v) is 34.2. The van der Waals surface area contributed by atoms with Gasteiger partial charge in [0.2, 0.25) is 0 Å². The molecule has 0 aromatic heterocycles. The van der Waals surface area contributed by atoms with E-state index in [1.807, 2.05) is 43.2 Å². The second-order valence-electron chi connectivity index (χ2n) is 28.8. The second kappa shape index (κ2) is 82.7. The molecular weight excluding hydrogens is 1310 g/mol. The van der Waals surface area contributed by atoms with Gasteiger partial charge in [0.1, 0.15) is 0 Å². The summed E-state index contributed by atoms with van der Waals surface area (Å²) in [6.07, 6.45) is 63.0. The largest absolute Gasteiger partial charge is 0.466 e. The van der Waals surface area contributed by atoms with Crippen LogP contribution in [-0.2, 0) is 38.1 Å². The third-order valence-corrected chi connectivity index (χ3v) is 23.9. The van der Waals surface area contributed by atoms with Gasteiger partial charge in [-0.05, 0) is 39.8 Å². The first-order valence-corrected chi connectivity index (χ1v) is 47.3. The van der Waals surface area contributed by atoms with Crippen LogP contribution in [0.2, 0.25) is 0 Å². The van der Waals surface area contributed by atoms with Gasteiger partial charge in [0.05, 0.1) is 52.1 Å². The molecular formula is C82H163N5O8S4. The Morgan fingerprint density at radius 1 is 0.242 bits per heavy atom. The fraction of sp³-hybridized carbons (Fsp3) is 0.951. The smallest absolute Gasteiger partial charge is 0.307 e. The lowest BCUT2D eigenvalue weighted by molar-refractivity contribution is -0.146. The van der Waals surface area contributed by atoms with Crippen molar-refractivity contribution in [1.29, 1.82) is 0 Å². The van der Waals surface area contributed by atoms with Gasteiger partial charge in [0.15, 0.2) is 0 Å². The van der Waals surface area contributed by atoms with E-state index in [4.69, 9.17) is 18.9 Å². The fourth-order valence-electron chi connectivity index (χ4n) is 12.3. The zero-order valence-corrected chi connectivity index (χ0v) is 69.4. The number of nitrogens with one attached hydrogen (secondary N) is 1. The van der Waals surface area contributed by atoms with Crippen molar-refractivity contribution in [1.82, 2.24) is 24.9 Å². The summed E-state index contributed by atoms with van der Waals surface area (Å²) in [5, 5.41) is 3.63. The van der Waals surface area contributed by atoms with Crippen molar-refractivity contribution in [2.75, 3.05) is 142 Å². The molecule has 99 heavy (non-hydrogen) atoms. The Morgan fingerprint density at radius 3 is 0.646 bits per heavy atom. The van der Waals surface area contributed by atoms with Gasteiger partial charge in [0.25, 0.3) is 0 Å². The Morgan fingerprint density at radius 2 is 0.434 bits per heavy atom. The highest BCUT2D eigenvalue weighted by atomic mass is 33.1. The quantitative estimate of drug-likeness (QED) is 0.0268. The first-order valence-electron chi connectivity index (χ1n) is 42.3.